The van der Waals surface area contributed by atoms with E-state index in [0.717, 1.165) is 0 Å². The van der Waals surface area contributed by atoms with Gasteiger partial charge in [0.2, 0.25) is 5.91 Å². The van der Waals surface area contributed by atoms with E-state index in [2.05, 4.69) is 5.32 Å². The molecular weight excluding hydrogens is 409 g/mol. The van der Waals surface area contributed by atoms with E-state index in [0.29, 0.717) is 0 Å². The Morgan fingerprint density at radius 1 is 1.00 bits per heavy atom. The minimum Gasteiger partial charge on any atom is -0.459 e. The van der Waals surface area contributed by atoms with E-state index in [9.17, 15) is 19.5 Å². The molecule has 3 rings (SSSR count). The van der Waals surface area contributed by atoms with Crippen LogP contribution in [0.15, 0.2) is 60.7 Å². The van der Waals surface area contributed by atoms with E-state index in [1.807, 2.05) is 0 Å². The SMILES string of the molecule is CC(=O)N[C@H]1[C@@H](OC(=O)c2ccccc2)[C@H](F)C(COC(=O)c2ccccc2)O[C@@H]1O. The Labute approximate surface area is 177 Å². The highest BCUT2D eigenvalue weighted by Gasteiger charge is 2.49. The molecule has 9 heteroatoms. The van der Waals surface area contributed by atoms with Gasteiger partial charge < -0.3 is 24.6 Å². The van der Waals surface area contributed by atoms with Crippen molar-refractivity contribution in [1.82, 2.24) is 5.32 Å². The molecule has 1 aliphatic heterocycles. The van der Waals surface area contributed by atoms with Gasteiger partial charge in [-0.25, -0.2) is 14.0 Å². The zero-order chi connectivity index (χ0) is 22.4. The first kappa shape index (κ1) is 22.4. The van der Waals surface area contributed by atoms with Gasteiger partial charge in [0.15, 0.2) is 18.6 Å². The Morgan fingerprint density at radius 2 is 1.55 bits per heavy atom. The van der Waals surface area contributed by atoms with Crippen molar-refractivity contribution >= 4 is 17.8 Å². The highest BCUT2D eigenvalue weighted by Crippen LogP contribution is 2.26. The quantitative estimate of drug-likeness (QED) is 0.669. The smallest absolute Gasteiger partial charge is 0.338 e. The van der Waals surface area contributed by atoms with Crippen LogP contribution in [-0.2, 0) is 19.0 Å². The van der Waals surface area contributed by atoms with E-state index in [4.69, 9.17) is 14.2 Å². The van der Waals surface area contributed by atoms with Gasteiger partial charge in [-0.1, -0.05) is 36.4 Å². The molecule has 1 heterocycles. The summed E-state index contributed by atoms with van der Waals surface area (Å²) < 4.78 is 30.9. The minimum absolute atomic E-state index is 0.171. The Morgan fingerprint density at radius 3 is 2.10 bits per heavy atom. The van der Waals surface area contributed by atoms with Crippen molar-refractivity contribution in [2.24, 2.45) is 0 Å². The molecule has 0 spiro atoms. The van der Waals surface area contributed by atoms with Crippen LogP contribution in [0, 0.1) is 0 Å². The lowest BCUT2D eigenvalue weighted by molar-refractivity contribution is -0.240. The summed E-state index contributed by atoms with van der Waals surface area (Å²) in [6.07, 6.45) is -6.66. The van der Waals surface area contributed by atoms with Crippen molar-refractivity contribution in [1.29, 1.82) is 0 Å². The Hall–Kier alpha value is -3.30. The van der Waals surface area contributed by atoms with Gasteiger partial charge in [0.25, 0.3) is 0 Å². The molecule has 5 atom stereocenters. The zero-order valence-corrected chi connectivity index (χ0v) is 16.6. The van der Waals surface area contributed by atoms with Crippen molar-refractivity contribution in [3.8, 4) is 0 Å². The molecule has 1 fully saturated rings. The lowest BCUT2D eigenvalue weighted by Crippen LogP contribution is -2.64. The van der Waals surface area contributed by atoms with Crippen LogP contribution < -0.4 is 5.32 Å². The second-order valence-electron chi connectivity index (χ2n) is 6.94. The predicted molar refractivity (Wildman–Crippen MR) is 106 cm³/mol. The number of hydrogen-bond donors (Lipinski definition) is 2. The van der Waals surface area contributed by atoms with Crippen LogP contribution in [0.5, 0.6) is 0 Å². The summed E-state index contributed by atoms with van der Waals surface area (Å²) >= 11 is 0. The molecule has 164 valence electrons. The van der Waals surface area contributed by atoms with Gasteiger partial charge in [-0.2, -0.15) is 0 Å². The molecule has 8 nitrogen and oxygen atoms in total. The second kappa shape index (κ2) is 10.1. The van der Waals surface area contributed by atoms with Crippen LogP contribution in [0.2, 0.25) is 0 Å². The van der Waals surface area contributed by atoms with E-state index in [-0.39, 0.29) is 11.1 Å². The molecule has 2 aromatic rings. The molecule has 1 saturated heterocycles. The monoisotopic (exact) mass is 431 g/mol. The summed E-state index contributed by atoms with van der Waals surface area (Å²) in [6.45, 7) is 0.641. The van der Waals surface area contributed by atoms with Crippen LogP contribution in [0.1, 0.15) is 27.6 Å². The molecule has 0 aliphatic carbocycles. The average Bonchev–Trinajstić information content (AvgIpc) is 2.78. The lowest BCUT2D eigenvalue weighted by atomic mass is 9.97. The molecule has 0 radical (unpaired) electrons. The Bertz CT molecular complexity index is 909. The number of aliphatic hydroxyl groups excluding tert-OH is 1. The van der Waals surface area contributed by atoms with Crippen molar-refractivity contribution in [3.05, 3.63) is 71.8 Å². The minimum atomic E-state index is -1.99. The number of alkyl halides is 1. The summed E-state index contributed by atoms with van der Waals surface area (Å²) in [5.74, 6) is -2.11. The molecule has 2 N–H and O–H groups in total. The molecule has 31 heavy (non-hydrogen) atoms. The van der Waals surface area contributed by atoms with Crippen molar-refractivity contribution in [3.63, 3.8) is 0 Å². The van der Waals surface area contributed by atoms with Crippen LogP contribution in [0.3, 0.4) is 0 Å². The number of hydrogen-bond acceptors (Lipinski definition) is 7. The Balaban J connectivity index is 1.73. The molecule has 0 saturated carbocycles. The highest BCUT2D eigenvalue weighted by molar-refractivity contribution is 5.90. The van der Waals surface area contributed by atoms with Gasteiger partial charge in [0.1, 0.15) is 18.8 Å². The highest BCUT2D eigenvalue weighted by atomic mass is 19.1. The number of rotatable bonds is 6. The number of ether oxygens (including phenoxy) is 3. The third kappa shape index (κ3) is 5.65. The van der Waals surface area contributed by atoms with Crippen LogP contribution in [0.4, 0.5) is 4.39 Å². The fourth-order valence-corrected chi connectivity index (χ4v) is 3.15. The summed E-state index contributed by atoms with van der Waals surface area (Å²) in [4.78, 5) is 36.1. The maximum atomic E-state index is 15.3. The third-order valence-corrected chi connectivity index (χ3v) is 4.66. The molecule has 1 aliphatic rings. The number of amides is 1. The van der Waals surface area contributed by atoms with Gasteiger partial charge in [-0.15, -0.1) is 0 Å². The number of carbonyl (C=O) groups is 3. The number of nitrogens with one attached hydrogen (secondary N) is 1. The third-order valence-electron chi connectivity index (χ3n) is 4.66. The number of benzene rings is 2. The molecule has 0 bridgehead atoms. The normalized spacial score (nSPS) is 25.3. The van der Waals surface area contributed by atoms with Crippen LogP contribution in [0.25, 0.3) is 0 Å². The predicted octanol–water partition coefficient (Wildman–Crippen LogP) is 1.63. The first-order valence-corrected chi connectivity index (χ1v) is 9.59. The van der Waals surface area contributed by atoms with E-state index in [1.54, 1.807) is 36.4 Å². The van der Waals surface area contributed by atoms with Gasteiger partial charge in [0, 0.05) is 6.92 Å². The van der Waals surface area contributed by atoms with Crippen molar-refractivity contribution < 1.29 is 38.1 Å². The molecule has 1 amide bonds. The first-order chi connectivity index (χ1) is 14.9. The summed E-state index contributed by atoms with van der Waals surface area (Å²) in [6, 6.07) is 14.6. The molecule has 2 aromatic carbocycles. The van der Waals surface area contributed by atoms with Gasteiger partial charge in [-0.05, 0) is 24.3 Å². The number of halogens is 1. The van der Waals surface area contributed by atoms with Gasteiger partial charge >= 0.3 is 11.9 Å². The fraction of sp³-hybridized carbons (Fsp3) is 0.318. The van der Waals surface area contributed by atoms with Crippen LogP contribution >= 0.6 is 0 Å². The lowest BCUT2D eigenvalue weighted by Gasteiger charge is -2.41. The maximum Gasteiger partial charge on any atom is 0.338 e. The van der Waals surface area contributed by atoms with E-state index >= 15 is 4.39 Å². The molecule has 0 aromatic heterocycles. The first-order valence-electron chi connectivity index (χ1n) is 9.59. The number of esters is 2. The van der Waals surface area contributed by atoms with Crippen LogP contribution in [-0.4, -0.2) is 60.3 Å². The average molecular weight is 431 g/mol. The van der Waals surface area contributed by atoms with Crippen molar-refractivity contribution in [2.45, 2.75) is 37.6 Å². The standard InChI is InChI=1S/C22H22FNO7/c1-13(25)24-18-19(31-21(27)15-10-6-3-7-11-15)17(23)16(30-22(18)28)12-29-20(26)14-8-4-2-5-9-14/h2-11,16-19,22,28H,12H2,1H3,(H,24,25)/t16?,17-,18+,19+,22+/m1/s1. The van der Waals surface area contributed by atoms with Gasteiger partial charge in [-0.3, -0.25) is 4.79 Å². The Kier molecular flexibility index (Phi) is 7.32. The second-order valence-corrected chi connectivity index (χ2v) is 6.94. The summed E-state index contributed by atoms with van der Waals surface area (Å²) in [7, 11) is 0. The number of aliphatic hydroxyl groups is 1. The maximum absolute atomic E-state index is 15.3. The van der Waals surface area contributed by atoms with Crippen molar-refractivity contribution in [2.75, 3.05) is 6.61 Å². The summed E-state index contributed by atoms with van der Waals surface area (Å²) in [5, 5.41) is 12.6. The summed E-state index contributed by atoms with van der Waals surface area (Å²) in [5.41, 5.74) is 0.432. The fourth-order valence-electron chi connectivity index (χ4n) is 3.15. The number of carbonyl (C=O) groups excluding carboxylic acids is 3. The largest absolute Gasteiger partial charge is 0.459 e. The topological polar surface area (TPSA) is 111 Å². The molecular formula is C22H22FNO7. The van der Waals surface area contributed by atoms with Gasteiger partial charge in [0.05, 0.1) is 11.1 Å². The van der Waals surface area contributed by atoms with E-state index < -0.39 is 55.2 Å². The van der Waals surface area contributed by atoms with E-state index in [1.165, 1.54) is 31.2 Å². The zero-order valence-electron chi connectivity index (χ0n) is 16.6. The molecule has 1 unspecified atom stereocenters.